The van der Waals surface area contributed by atoms with Gasteiger partial charge in [-0.3, -0.25) is 4.79 Å². The van der Waals surface area contributed by atoms with Gasteiger partial charge in [-0.15, -0.1) is 0 Å². The van der Waals surface area contributed by atoms with Crippen LogP contribution in [0.2, 0.25) is 0 Å². The molecule has 3 aromatic rings. The zero-order valence-corrected chi connectivity index (χ0v) is 13.0. The van der Waals surface area contributed by atoms with Crippen LogP contribution >= 0.6 is 0 Å². The summed E-state index contributed by atoms with van der Waals surface area (Å²) >= 11 is 0. The van der Waals surface area contributed by atoms with Crippen LogP contribution in [0, 0.1) is 0 Å². The fraction of sp³-hybridized carbons (Fsp3) is 0.0526. The number of benzene rings is 2. The molecule has 120 valence electrons. The molecule has 1 aromatic heterocycles. The molecule has 1 heterocycles. The minimum Gasteiger partial charge on any atom is -0.483 e. The number of hydrogen-bond donors (Lipinski definition) is 2. The largest absolute Gasteiger partial charge is 0.483 e. The maximum Gasteiger partial charge on any atom is 0.277 e. The molecule has 0 aliphatic rings. The highest BCUT2D eigenvalue weighted by Crippen LogP contribution is 2.29. The molecule has 2 N–H and O–H groups in total. The van der Waals surface area contributed by atoms with Crippen LogP contribution in [-0.2, 0) is 4.79 Å². The minimum atomic E-state index is -0.319. The van der Waals surface area contributed by atoms with Crippen LogP contribution < -0.4 is 10.2 Å². The monoisotopic (exact) mass is 319 g/mol. The van der Waals surface area contributed by atoms with Gasteiger partial charge in [0.1, 0.15) is 5.75 Å². The first-order valence-electron chi connectivity index (χ1n) is 7.55. The van der Waals surface area contributed by atoms with Gasteiger partial charge < -0.3 is 9.72 Å². The summed E-state index contributed by atoms with van der Waals surface area (Å²) in [5.41, 5.74) is 5.23. The molecular weight excluding hydrogens is 302 g/mol. The summed E-state index contributed by atoms with van der Waals surface area (Å²) in [6.07, 6.45) is 3.32. The third kappa shape index (κ3) is 4.10. The lowest BCUT2D eigenvalue weighted by Crippen LogP contribution is -2.24. The molecule has 0 aliphatic heterocycles. The molecule has 0 radical (unpaired) electrons. The number of carbonyl (C=O) groups is 1. The summed E-state index contributed by atoms with van der Waals surface area (Å²) in [5, 5.41) is 3.87. The summed E-state index contributed by atoms with van der Waals surface area (Å²) < 4.78 is 5.65. The Morgan fingerprint density at radius 1 is 1.04 bits per heavy atom. The molecule has 0 saturated heterocycles. The van der Waals surface area contributed by atoms with Gasteiger partial charge in [0.15, 0.2) is 6.61 Å². The van der Waals surface area contributed by atoms with Gasteiger partial charge in [-0.1, -0.05) is 48.5 Å². The molecule has 0 spiro atoms. The Labute approximate surface area is 140 Å². The molecule has 0 aliphatic carbocycles. The smallest absolute Gasteiger partial charge is 0.277 e. The Kier molecular flexibility index (Phi) is 5.04. The average Bonchev–Trinajstić information content (AvgIpc) is 3.14. The van der Waals surface area contributed by atoms with Crippen molar-refractivity contribution in [2.45, 2.75) is 0 Å². The second-order valence-electron chi connectivity index (χ2n) is 5.07. The lowest BCUT2D eigenvalue weighted by Gasteiger charge is -2.10. The number of H-pyrrole nitrogens is 1. The van der Waals surface area contributed by atoms with Crippen molar-refractivity contribution in [1.29, 1.82) is 0 Å². The molecule has 24 heavy (non-hydrogen) atoms. The molecule has 0 bridgehead atoms. The topological polar surface area (TPSA) is 66.5 Å². The number of amides is 1. The van der Waals surface area contributed by atoms with Crippen LogP contribution in [0.1, 0.15) is 5.69 Å². The lowest BCUT2D eigenvalue weighted by molar-refractivity contribution is -0.123. The number of carbonyl (C=O) groups excluding carboxylic acids is 1. The predicted molar refractivity (Wildman–Crippen MR) is 93.9 cm³/mol. The highest BCUT2D eigenvalue weighted by molar-refractivity contribution is 5.82. The predicted octanol–water partition coefficient (Wildman–Crippen LogP) is 3.21. The third-order valence-corrected chi connectivity index (χ3v) is 3.35. The molecule has 2 aromatic carbocycles. The zero-order chi connectivity index (χ0) is 16.6. The van der Waals surface area contributed by atoms with Gasteiger partial charge in [-0.05, 0) is 23.8 Å². The standard InChI is InChI=1S/C19H17N3O2/c23-19(22-21-13-16-9-6-12-20-16)14-24-18-11-5-4-10-17(18)15-7-2-1-3-8-15/h1-13,20H,14H2,(H,22,23). The van der Waals surface area contributed by atoms with E-state index in [9.17, 15) is 4.79 Å². The molecule has 0 fully saturated rings. The SMILES string of the molecule is O=C(COc1ccccc1-c1ccccc1)NN=Cc1ccc[nH]1. The lowest BCUT2D eigenvalue weighted by atomic mass is 10.1. The summed E-state index contributed by atoms with van der Waals surface area (Å²) in [6, 6.07) is 21.2. The number of ether oxygens (including phenoxy) is 1. The molecule has 0 unspecified atom stereocenters. The summed E-state index contributed by atoms with van der Waals surface area (Å²) in [7, 11) is 0. The van der Waals surface area contributed by atoms with Gasteiger partial charge in [0.2, 0.25) is 0 Å². The van der Waals surface area contributed by atoms with E-state index in [1.807, 2.05) is 66.7 Å². The second-order valence-corrected chi connectivity index (χ2v) is 5.07. The Bertz CT molecular complexity index is 812. The van der Waals surface area contributed by atoms with Gasteiger partial charge in [0.05, 0.1) is 11.9 Å². The van der Waals surface area contributed by atoms with Crippen molar-refractivity contribution in [2.75, 3.05) is 6.61 Å². The van der Waals surface area contributed by atoms with E-state index in [0.717, 1.165) is 16.8 Å². The van der Waals surface area contributed by atoms with E-state index in [-0.39, 0.29) is 12.5 Å². The summed E-state index contributed by atoms with van der Waals surface area (Å²) in [5.74, 6) is 0.341. The maximum atomic E-state index is 11.8. The Balaban J connectivity index is 1.60. The second kappa shape index (κ2) is 7.78. The van der Waals surface area contributed by atoms with Crippen LogP contribution in [0.3, 0.4) is 0 Å². The Morgan fingerprint density at radius 2 is 1.83 bits per heavy atom. The number of rotatable bonds is 6. The van der Waals surface area contributed by atoms with Crippen LogP contribution in [0.4, 0.5) is 0 Å². The maximum absolute atomic E-state index is 11.8. The van der Waals surface area contributed by atoms with Crippen LogP contribution in [-0.4, -0.2) is 23.7 Å². The molecule has 3 rings (SSSR count). The normalized spacial score (nSPS) is 10.7. The third-order valence-electron chi connectivity index (χ3n) is 3.35. The average molecular weight is 319 g/mol. The van der Waals surface area contributed by atoms with Crippen LogP contribution in [0.25, 0.3) is 11.1 Å². The molecule has 5 heteroatoms. The number of aromatic amines is 1. The van der Waals surface area contributed by atoms with Gasteiger partial charge in [-0.25, -0.2) is 5.43 Å². The van der Waals surface area contributed by atoms with Crippen molar-refractivity contribution in [3.05, 3.63) is 78.6 Å². The van der Waals surface area contributed by atoms with Crippen molar-refractivity contribution < 1.29 is 9.53 Å². The molecule has 0 saturated carbocycles. The van der Waals surface area contributed by atoms with Crippen molar-refractivity contribution in [3.63, 3.8) is 0 Å². The Hall–Kier alpha value is -3.34. The summed E-state index contributed by atoms with van der Waals surface area (Å²) in [4.78, 5) is 14.8. The van der Waals surface area contributed by atoms with Gasteiger partial charge in [0, 0.05) is 11.8 Å². The number of hydrazone groups is 1. The Morgan fingerprint density at radius 3 is 2.62 bits per heavy atom. The molecule has 0 atom stereocenters. The number of para-hydroxylation sites is 1. The first kappa shape index (κ1) is 15.6. The fourth-order valence-electron chi connectivity index (χ4n) is 2.22. The van der Waals surface area contributed by atoms with Crippen LogP contribution in [0.5, 0.6) is 5.75 Å². The highest BCUT2D eigenvalue weighted by Gasteiger charge is 2.07. The first-order chi connectivity index (χ1) is 11.8. The highest BCUT2D eigenvalue weighted by atomic mass is 16.5. The molecular formula is C19H17N3O2. The fourth-order valence-corrected chi connectivity index (χ4v) is 2.22. The number of aromatic nitrogens is 1. The van der Waals surface area contributed by atoms with E-state index in [2.05, 4.69) is 15.5 Å². The van der Waals surface area contributed by atoms with E-state index >= 15 is 0 Å². The summed E-state index contributed by atoms with van der Waals surface area (Å²) in [6.45, 7) is -0.105. The number of hydrogen-bond acceptors (Lipinski definition) is 3. The van der Waals surface area contributed by atoms with E-state index in [1.165, 1.54) is 6.21 Å². The van der Waals surface area contributed by atoms with Gasteiger partial charge >= 0.3 is 0 Å². The molecule has 5 nitrogen and oxygen atoms in total. The van der Waals surface area contributed by atoms with Crippen molar-refractivity contribution >= 4 is 12.1 Å². The van der Waals surface area contributed by atoms with E-state index in [1.54, 1.807) is 6.20 Å². The van der Waals surface area contributed by atoms with E-state index < -0.39 is 0 Å². The van der Waals surface area contributed by atoms with Crippen LogP contribution in [0.15, 0.2) is 78.0 Å². The van der Waals surface area contributed by atoms with Crippen molar-refractivity contribution in [1.82, 2.24) is 10.4 Å². The minimum absolute atomic E-state index is 0.105. The number of nitrogens with zero attached hydrogens (tertiary/aromatic N) is 1. The van der Waals surface area contributed by atoms with E-state index in [0.29, 0.717) is 5.75 Å². The van der Waals surface area contributed by atoms with Gasteiger partial charge in [-0.2, -0.15) is 5.10 Å². The quantitative estimate of drug-likeness (QED) is 0.541. The first-order valence-corrected chi connectivity index (χ1v) is 7.55. The van der Waals surface area contributed by atoms with Gasteiger partial charge in [0.25, 0.3) is 5.91 Å². The number of nitrogens with one attached hydrogen (secondary N) is 2. The zero-order valence-electron chi connectivity index (χ0n) is 13.0. The van der Waals surface area contributed by atoms with E-state index in [4.69, 9.17) is 4.74 Å². The van der Waals surface area contributed by atoms with Crippen molar-refractivity contribution in [3.8, 4) is 16.9 Å². The van der Waals surface area contributed by atoms with Crippen molar-refractivity contribution in [2.24, 2.45) is 5.10 Å². The molecule has 1 amide bonds.